The monoisotopic (exact) mass is 393 g/mol. The van der Waals surface area contributed by atoms with E-state index in [0.29, 0.717) is 11.4 Å². The molecular formula is C19H23NO6S. The van der Waals surface area contributed by atoms with Crippen molar-refractivity contribution in [3.8, 4) is 11.5 Å². The minimum Gasteiger partial charge on any atom is -0.493 e. The molecule has 0 fully saturated rings. The lowest BCUT2D eigenvalue weighted by atomic mass is 10.1. The van der Waals surface area contributed by atoms with Gasteiger partial charge in [0.25, 0.3) is 10.0 Å². The Balaban J connectivity index is 2.66. The Hall–Kier alpha value is -2.74. The number of nitrogens with zero attached hydrogens (tertiary/aromatic N) is 1. The van der Waals surface area contributed by atoms with Crippen molar-refractivity contribution < 1.29 is 27.4 Å². The van der Waals surface area contributed by atoms with Gasteiger partial charge >= 0.3 is 5.97 Å². The number of sulfonamides is 1. The van der Waals surface area contributed by atoms with Gasteiger partial charge in [-0.25, -0.2) is 8.42 Å². The van der Waals surface area contributed by atoms with Crippen molar-refractivity contribution in [2.75, 3.05) is 32.2 Å². The molecule has 0 atom stereocenters. The zero-order chi connectivity index (χ0) is 20.2. The van der Waals surface area contributed by atoms with Gasteiger partial charge in [-0.15, -0.1) is 0 Å². The number of ether oxygens (including phenoxy) is 3. The molecule has 0 spiro atoms. The Morgan fingerprint density at radius 3 is 2.07 bits per heavy atom. The summed E-state index contributed by atoms with van der Waals surface area (Å²) < 4.78 is 42.9. The second kappa shape index (κ2) is 8.30. The Morgan fingerprint density at radius 2 is 1.56 bits per heavy atom. The maximum atomic E-state index is 13.4. The summed E-state index contributed by atoms with van der Waals surface area (Å²) in [6.45, 7) is 3.13. The van der Waals surface area contributed by atoms with Gasteiger partial charge < -0.3 is 14.2 Å². The lowest BCUT2D eigenvalue weighted by molar-refractivity contribution is -0.138. The largest absolute Gasteiger partial charge is 0.493 e. The molecule has 0 heterocycles. The molecule has 0 radical (unpaired) electrons. The zero-order valence-corrected chi connectivity index (χ0v) is 16.8. The van der Waals surface area contributed by atoms with Crippen LogP contribution in [0.1, 0.15) is 11.1 Å². The minimum atomic E-state index is -4.06. The van der Waals surface area contributed by atoms with Crippen LogP contribution in [-0.2, 0) is 19.6 Å². The van der Waals surface area contributed by atoms with Gasteiger partial charge in [0.2, 0.25) is 0 Å². The number of carbonyl (C=O) groups excluding carboxylic acids is 1. The molecule has 0 aliphatic carbocycles. The van der Waals surface area contributed by atoms with Gasteiger partial charge in [-0.1, -0.05) is 18.2 Å². The SMILES string of the molecule is COC(=O)CN(c1c(C)cccc1C)S(=O)(=O)c1ccc(OC)c(OC)c1. The van der Waals surface area contributed by atoms with Crippen LogP contribution in [0.25, 0.3) is 0 Å². The summed E-state index contributed by atoms with van der Waals surface area (Å²) in [4.78, 5) is 11.9. The lowest BCUT2D eigenvalue weighted by Gasteiger charge is -2.27. The summed E-state index contributed by atoms with van der Waals surface area (Å²) in [6.07, 6.45) is 0. The number of carbonyl (C=O) groups is 1. The van der Waals surface area contributed by atoms with Crippen molar-refractivity contribution in [2.45, 2.75) is 18.7 Å². The molecule has 0 aromatic heterocycles. The fraction of sp³-hybridized carbons (Fsp3) is 0.316. The second-order valence-electron chi connectivity index (χ2n) is 5.85. The Bertz CT molecular complexity index is 919. The normalized spacial score (nSPS) is 11.0. The molecule has 0 bridgehead atoms. The Labute approximate surface area is 159 Å². The molecule has 2 rings (SSSR count). The molecule has 27 heavy (non-hydrogen) atoms. The predicted molar refractivity (Wildman–Crippen MR) is 102 cm³/mol. The number of anilines is 1. The van der Waals surface area contributed by atoms with Crippen LogP contribution < -0.4 is 13.8 Å². The van der Waals surface area contributed by atoms with Crippen LogP contribution in [0.5, 0.6) is 11.5 Å². The van der Waals surface area contributed by atoms with Crippen LogP contribution >= 0.6 is 0 Å². The third kappa shape index (κ3) is 4.16. The van der Waals surface area contributed by atoms with Crippen LogP contribution in [0.3, 0.4) is 0 Å². The summed E-state index contributed by atoms with van der Waals surface area (Å²) >= 11 is 0. The number of para-hydroxylation sites is 1. The van der Waals surface area contributed by atoms with Gasteiger partial charge in [-0.3, -0.25) is 9.10 Å². The van der Waals surface area contributed by atoms with Crippen LogP contribution in [0.2, 0.25) is 0 Å². The number of hydrogen-bond acceptors (Lipinski definition) is 6. The van der Waals surface area contributed by atoms with E-state index < -0.39 is 22.5 Å². The molecule has 0 aliphatic heterocycles. The maximum absolute atomic E-state index is 13.4. The Morgan fingerprint density at radius 1 is 0.963 bits per heavy atom. The number of esters is 1. The number of methoxy groups -OCH3 is 3. The van der Waals surface area contributed by atoms with E-state index >= 15 is 0 Å². The smallest absolute Gasteiger partial charge is 0.326 e. The molecule has 0 amide bonds. The highest BCUT2D eigenvalue weighted by Gasteiger charge is 2.30. The molecule has 0 unspecified atom stereocenters. The van der Waals surface area contributed by atoms with Crippen molar-refractivity contribution in [3.63, 3.8) is 0 Å². The van der Waals surface area contributed by atoms with Crippen LogP contribution in [-0.4, -0.2) is 42.3 Å². The van der Waals surface area contributed by atoms with E-state index in [1.165, 1.54) is 39.5 Å². The zero-order valence-electron chi connectivity index (χ0n) is 16.0. The fourth-order valence-electron chi connectivity index (χ4n) is 2.77. The summed E-state index contributed by atoms with van der Waals surface area (Å²) in [5, 5.41) is 0. The molecule has 146 valence electrons. The third-order valence-electron chi connectivity index (χ3n) is 4.13. The van der Waals surface area contributed by atoms with Gasteiger partial charge in [0.15, 0.2) is 11.5 Å². The molecule has 7 nitrogen and oxygen atoms in total. The molecule has 2 aromatic carbocycles. The molecule has 8 heteroatoms. The fourth-order valence-corrected chi connectivity index (χ4v) is 4.32. The van der Waals surface area contributed by atoms with Crippen molar-refractivity contribution in [1.29, 1.82) is 0 Å². The third-order valence-corrected chi connectivity index (χ3v) is 5.87. The first-order chi connectivity index (χ1) is 12.8. The standard InChI is InChI=1S/C19H23NO6S/c1-13-7-6-8-14(2)19(13)20(12-18(21)26-5)27(22,23)15-9-10-16(24-3)17(11-15)25-4/h6-11H,12H2,1-5H3. The highest BCUT2D eigenvalue weighted by molar-refractivity contribution is 7.92. The first-order valence-electron chi connectivity index (χ1n) is 8.14. The molecule has 0 saturated heterocycles. The quantitative estimate of drug-likeness (QED) is 0.673. The van der Waals surface area contributed by atoms with Crippen LogP contribution in [0.15, 0.2) is 41.3 Å². The molecular weight excluding hydrogens is 370 g/mol. The lowest BCUT2D eigenvalue weighted by Crippen LogP contribution is -2.37. The summed E-state index contributed by atoms with van der Waals surface area (Å²) in [5.41, 5.74) is 1.89. The first-order valence-corrected chi connectivity index (χ1v) is 9.58. The van der Waals surface area contributed by atoms with Crippen molar-refractivity contribution in [2.24, 2.45) is 0 Å². The van der Waals surface area contributed by atoms with Gasteiger partial charge in [-0.2, -0.15) is 0 Å². The second-order valence-corrected chi connectivity index (χ2v) is 7.71. The van der Waals surface area contributed by atoms with E-state index in [2.05, 4.69) is 0 Å². The van der Waals surface area contributed by atoms with Gasteiger partial charge in [0.05, 0.1) is 31.9 Å². The molecule has 0 saturated carbocycles. The minimum absolute atomic E-state index is 0.0216. The van der Waals surface area contributed by atoms with Crippen molar-refractivity contribution in [3.05, 3.63) is 47.5 Å². The average molecular weight is 393 g/mol. The average Bonchev–Trinajstić information content (AvgIpc) is 2.65. The van der Waals surface area contributed by atoms with Crippen LogP contribution in [0.4, 0.5) is 5.69 Å². The van der Waals surface area contributed by atoms with E-state index in [1.807, 2.05) is 6.07 Å². The van der Waals surface area contributed by atoms with E-state index in [4.69, 9.17) is 14.2 Å². The van der Waals surface area contributed by atoms with Crippen LogP contribution in [0, 0.1) is 13.8 Å². The molecule has 2 aromatic rings. The van der Waals surface area contributed by atoms with Crippen molar-refractivity contribution >= 4 is 21.7 Å². The predicted octanol–water partition coefficient (Wildman–Crippen LogP) is 2.69. The number of rotatable bonds is 7. The maximum Gasteiger partial charge on any atom is 0.326 e. The van der Waals surface area contributed by atoms with Gasteiger partial charge in [-0.05, 0) is 37.1 Å². The number of hydrogen-bond donors (Lipinski definition) is 0. The van der Waals surface area contributed by atoms with Gasteiger partial charge in [0, 0.05) is 6.07 Å². The van der Waals surface area contributed by atoms with E-state index in [-0.39, 0.29) is 10.6 Å². The highest BCUT2D eigenvalue weighted by atomic mass is 32.2. The molecule has 0 aliphatic rings. The van der Waals surface area contributed by atoms with E-state index in [1.54, 1.807) is 26.0 Å². The number of aryl methyl sites for hydroxylation is 2. The summed E-state index contributed by atoms with van der Waals surface area (Å²) in [7, 11) is 0.0387. The van der Waals surface area contributed by atoms with Crippen molar-refractivity contribution in [1.82, 2.24) is 0 Å². The summed E-state index contributed by atoms with van der Waals surface area (Å²) in [6, 6.07) is 9.69. The topological polar surface area (TPSA) is 82.1 Å². The Kier molecular flexibility index (Phi) is 6.32. The number of benzene rings is 2. The molecule has 0 N–H and O–H groups in total. The van der Waals surface area contributed by atoms with E-state index in [9.17, 15) is 13.2 Å². The first kappa shape index (κ1) is 20.6. The van der Waals surface area contributed by atoms with Gasteiger partial charge in [0.1, 0.15) is 6.54 Å². The van der Waals surface area contributed by atoms with E-state index in [0.717, 1.165) is 15.4 Å². The highest BCUT2D eigenvalue weighted by Crippen LogP contribution is 2.34. The summed E-state index contributed by atoms with van der Waals surface area (Å²) in [5.74, 6) is 0.0165.